The van der Waals surface area contributed by atoms with Crippen LogP contribution in [0.2, 0.25) is 0 Å². The highest BCUT2D eigenvalue weighted by atomic mass is 32.1. The normalized spacial score (nSPS) is 25.5. The molecule has 0 bridgehead atoms. The highest BCUT2D eigenvalue weighted by Crippen LogP contribution is 2.43. The SMILES string of the molecule is CC(=O)c1cc([N+](=O)[O-])c(N2CCC3CCCCC3C2)s1. The molecule has 0 amide bonds. The van der Waals surface area contributed by atoms with E-state index < -0.39 is 0 Å². The summed E-state index contributed by atoms with van der Waals surface area (Å²) in [4.78, 5) is 25.0. The lowest BCUT2D eigenvalue weighted by Crippen LogP contribution is -2.41. The molecule has 1 aliphatic carbocycles. The van der Waals surface area contributed by atoms with Crippen molar-refractivity contribution in [2.24, 2.45) is 11.8 Å². The molecule has 1 aromatic heterocycles. The van der Waals surface area contributed by atoms with Crippen molar-refractivity contribution in [3.05, 3.63) is 21.1 Å². The summed E-state index contributed by atoms with van der Waals surface area (Å²) in [5.74, 6) is 1.36. The minimum absolute atomic E-state index is 0.0955. The van der Waals surface area contributed by atoms with Gasteiger partial charge < -0.3 is 4.90 Å². The maximum atomic E-state index is 11.5. The summed E-state index contributed by atoms with van der Waals surface area (Å²) in [5.41, 5.74) is 0.0967. The van der Waals surface area contributed by atoms with Crippen molar-refractivity contribution in [3.63, 3.8) is 0 Å². The van der Waals surface area contributed by atoms with Crippen molar-refractivity contribution in [1.29, 1.82) is 0 Å². The molecule has 5 nitrogen and oxygen atoms in total. The lowest BCUT2D eigenvalue weighted by molar-refractivity contribution is -0.383. The Morgan fingerprint density at radius 1 is 1.33 bits per heavy atom. The maximum absolute atomic E-state index is 11.5. The Hall–Kier alpha value is -1.43. The third-order valence-electron chi connectivity index (χ3n) is 4.82. The van der Waals surface area contributed by atoms with Crippen molar-refractivity contribution in [3.8, 4) is 0 Å². The molecule has 2 unspecified atom stereocenters. The molecule has 114 valence electrons. The van der Waals surface area contributed by atoms with Gasteiger partial charge in [0.25, 0.3) is 0 Å². The summed E-state index contributed by atoms with van der Waals surface area (Å²) in [6.45, 7) is 3.25. The van der Waals surface area contributed by atoms with Crippen molar-refractivity contribution < 1.29 is 9.72 Å². The quantitative estimate of drug-likeness (QED) is 0.483. The summed E-state index contributed by atoms with van der Waals surface area (Å²) < 4.78 is 0. The minimum Gasteiger partial charge on any atom is -0.357 e. The Morgan fingerprint density at radius 2 is 2.05 bits per heavy atom. The van der Waals surface area contributed by atoms with E-state index in [1.807, 2.05) is 0 Å². The van der Waals surface area contributed by atoms with Gasteiger partial charge in [-0.1, -0.05) is 19.3 Å². The molecule has 21 heavy (non-hydrogen) atoms. The Morgan fingerprint density at radius 3 is 2.71 bits per heavy atom. The predicted octanol–water partition coefficient (Wildman–Crippen LogP) is 3.88. The molecule has 2 fully saturated rings. The number of nitrogens with zero attached hydrogens (tertiary/aromatic N) is 2. The number of hydrogen-bond acceptors (Lipinski definition) is 5. The van der Waals surface area contributed by atoms with Crippen LogP contribution in [0.25, 0.3) is 0 Å². The average molecular weight is 308 g/mol. The lowest BCUT2D eigenvalue weighted by Gasteiger charge is -2.41. The van der Waals surface area contributed by atoms with Gasteiger partial charge in [-0.05, 0) is 31.6 Å². The second-order valence-electron chi connectivity index (χ2n) is 6.15. The zero-order chi connectivity index (χ0) is 15.0. The van der Waals surface area contributed by atoms with Gasteiger partial charge >= 0.3 is 5.69 Å². The molecule has 6 heteroatoms. The lowest BCUT2D eigenvalue weighted by atomic mass is 9.75. The van der Waals surface area contributed by atoms with Crippen LogP contribution in [0.3, 0.4) is 0 Å². The number of carbonyl (C=O) groups excluding carboxylic acids is 1. The smallest absolute Gasteiger partial charge is 0.304 e. The van der Waals surface area contributed by atoms with Gasteiger partial charge in [0.15, 0.2) is 10.8 Å². The molecule has 0 N–H and O–H groups in total. The number of Topliss-reactive ketones (excluding diaryl/α,β-unsaturated/α-hetero) is 1. The number of fused-ring (bicyclic) bond motifs is 1. The van der Waals surface area contributed by atoms with Crippen LogP contribution in [-0.2, 0) is 0 Å². The van der Waals surface area contributed by atoms with E-state index in [-0.39, 0.29) is 16.4 Å². The van der Waals surface area contributed by atoms with Crippen LogP contribution >= 0.6 is 11.3 Å². The van der Waals surface area contributed by atoms with E-state index in [1.165, 1.54) is 50.0 Å². The standard InChI is InChI=1S/C15H20N2O3S/c1-10(18)14-8-13(17(19)20)15(21-14)16-7-6-11-4-2-3-5-12(11)9-16/h8,11-12H,2-7,9H2,1H3. The van der Waals surface area contributed by atoms with Crippen LogP contribution in [0.15, 0.2) is 6.07 Å². The summed E-state index contributed by atoms with van der Waals surface area (Å²) >= 11 is 1.28. The molecule has 0 spiro atoms. The molecule has 1 saturated heterocycles. The van der Waals surface area contributed by atoms with E-state index >= 15 is 0 Å². The third-order valence-corrected chi connectivity index (χ3v) is 6.10. The van der Waals surface area contributed by atoms with Gasteiger partial charge in [0.05, 0.1) is 9.80 Å². The first-order valence-corrected chi connectivity index (χ1v) is 8.42. The molecule has 1 aliphatic heterocycles. The van der Waals surface area contributed by atoms with Gasteiger partial charge in [-0.2, -0.15) is 0 Å². The third kappa shape index (κ3) is 2.81. The molecule has 1 saturated carbocycles. The number of carbonyl (C=O) groups is 1. The molecule has 0 aromatic carbocycles. The van der Waals surface area contributed by atoms with Gasteiger partial charge in [0.1, 0.15) is 0 Å². The molecular formula is C15H20N2O3S. The highest BCUT2D eigenvalue weighted by molar-refractivity contribution is 7.18. The molecule has 0 radical (unpaired) electrons. The average Bonchev–Trinajstić information content (AvgIpc) is 2.92. The molecule has 2 heterocycles. The number of rotatable bonds is 3. The fourth-order valence-electron chi connectivity index (χ4n) is 3.69. The predicted molar refractivity (Wildman–Crippen MR) is 83.3 cm³/mol. The second kappa shape index (κ2) is 5.75. The maximum Gasteiger partial charge on any atom is 0.304 e. The largest absolute Gasteiger partial charge is 0.357 e. The highest BCUT2D eigenvalue weighted by Gasteiger charge is 2.34. The fourth-order valence-corrected chi connectivity index (χ4v) is 4.74. The number of anilines is 1. The number of hydrogen-bond donors (Lipinski definition) is 0. The van der Waals surface area contributed by atoms with Crippen LogP contribution in [-0.4, -0.2) is 23.8 Å². The van der Waals surface area contributed by atoms with Gasteiger partial charge in [0.2, 0.25) is 0 Å². The van der Waals surface area contributed by atoms with Crippen molar-refractivity contribution in [1.82, 2.24) is 0 Å². The van der Waals surface area contributed by atoms with Gasteiger partial charge in [0, 0.05) is 19.2 Å². The summed E-state index contributed by atoms with van der Waals surface area (Å²) in [6, 6.07) is 1.44. The fraction of sp³-hybridized carbons (Fsp3) is 0.667. The van der Waals surface area contributed by atoms with Crippen molar-refractivity contribution in [2.75, 3.05) is 18.0 Å². The van der Waals surface area contributed by atoms with E-state index in [1.54, 1.807) is 0 Å². The number of nitro groups is 1. The Labute approximate surface area is 128 Å². The Balaban J connectivity index is 1.86. The van der Waals surface area contributed by atoms with E-state index in [4.69, 9.17) is 0 Å². The van der Waals surface area contributed by atoms with Crippen LogP contribution in [0.1, 0.15) is 48.7 Å². The van der Waals surface area contributed by atoms with Crippen LogP contribution in [0, 0.1) is 22.0 Å². The van der Waals surface area contributed by atoms with Crippen molar-refractivity contribution >= 4 is 27.8 Å². The first-order chi connectivity index (χ1) is 10.1. The van der Waals surface area contributed by atoms with Crippen LogP contribution < -0.4 is 4.90 Å². The summed E-state index contributed by atoms with van der Waals surface area (Å²) in [5, 5.41) is 11.9. The van der Waals surface area contributed by atoms with E-state index in [9.17, 15) is 14.9 Å². The molecular weight excluding hydrogens is 288 g/mol. The number of ketones is 1. The van der Waals surface area contributed by atoms with Gasteiger partial charge in [-0.25, -0.2) is 0 Å². The van der Waals surface area contributed by atoms with Crippen LogP contribution in [0.4, 0.5) is 10.7 Å². The minimum atomic E-state index is -0.356. The first kappa shape index (κ1) is 14.5. The zero-order valence-corrected chi connectivity index (χ0v) is 13.0. The molecule has 1 aromatic rings. The van der Waals surface area contributed by atoms with E-state index in [0.717, 1.165) is 25.4 Å². The summed E-state index contributed by atoms with van der Waals surface area (Å²) in [7, 11) is 0. The van der Waals surface area contributed by atoms with E-state index in [2.05, 4.69) is 4.90 Å². The molecule has 3 rings (SSSR count). The Kier molecular flexibility index (Phi) is 3.97. The van der Waals surface area contributed by atoms with Gasteiger partial charge in [-0.3, -0.25) is 14.9 Å². The monoisotopic (exact) mass is 308 g/mol. The number of piperidine rings is 1. The number of thiophene rings is 1. The van der Waals surface area contributed by atoms with Crippen molar-refractivity contribution in [2.45, 2.75) is 39.0 Å². The van der Waals surface area contributed by atoms with Gasteiger partial charge in [-0.15, -0.1) is 11.3 Å². The zero-order valence-electron chi connectivity index (χ0n) is 12.2. The molecule has 2 aliphatic rings. The topological polar surface area (TPSA) is 63.4 Å². The second-order valence-corrected chi connectivity index (χ2v) is 7.18. The Bertz CT molecular complexity index is 569. The summed E-state index contributed by atoms with van der Waals surface area (Å²) in [6.07, 6.45) is 6.27. The molecule has 2 atom stereocenters. The first-order valence-electron chi connectivity index (χ1n) is 7.60. The van der Waals surface area contributed by atoms with E-state index in [0.29, 0.717) is 15.8 Å². The van der Waals surface area contributed by atoms with Crippen LogP contribution in [0.5, 0.6) is 0 Å².